The van der Waals surface area contributed by atoms with Gasteiger partial charge in [0.05, 0.1) is 17.1 Å². The number of hydrogen-bond donors (Lipinski definition) is 0. The fraction of sp³-hybridized carbons (Fsp3) is 0.0882. The molecule has 7 rings (SSSR count). The first kappa shape index (κ1) is 25.1. The van der Waals surface area contributed by atoms with Gasteiger partial charge < -0.3 is 8.98 Å². The number of aromatic nitrogens is 3. The summed E-state index contributed by atoms with van der Waals surface area (Å²) in [5, 5.41) is 7.71. The third-order valence-corrected chi connectivity index (χ3v) is 7.73. The minimum absolute atomic E-state index is 0.276. The number of para-hydroxylation sites is 2. The Balaban J connectivity index is 1.40. The minimum Gasteiger partial charge on any atom is -0.453 e. The van der Waals surface area contributed by atoms with Gasteiger partial charge in [-0.15, -0.1) is 0 Å². The van der Waals surface area contributed by atoms with Crippen molar-refractivity contribution in [3.63, 3.8) is 0 Å². The lowest BCUT2D eigenvalue weighted by molar-refractivity contribution is 0.616. The van der Waals surface area contributed by atoms with Crippen LogP contribution in [0.5, 0.6) is 0 Å². The van der Waals surface area contributed by atoms with E-state index in [0.717, 1.165) is 34.1 Å². The van der Waals surface area contributed by atoms with E-state index in [9.17, 15) is 4.79 Å². The first-order chi connectivity index (χ1) is 20.0. The van der Waals surface area contributed by atoms with E-state index in [1.807, 2.05) is 42.5 Å². The average molecular weight is 557 g/mol. The summed E-state index contributed by atoms with van der Waals surface area (Å²) in [5.74, 6) is 0.749. The number of nitrogens with zero attached hydrogens (tertiary/aromatic N) is 4. The average Bonchev–Trinajstić information content (AvgIpc) is 3.52. The third-order valence-electron chi connectivity index (χ3n) is 7.50. The highest BCUT2D eigenvalue weighted by Crippen LogP contribution is 2.30. The summed E-state index contributed by atoms with van der Waals surface area (Å²) in [6.07, 6.45) is 1.75. The molecule has 0 unspecified atom stereocenters. The summed E-state index contributed by atoms with van der Waals surface area (Å²) in [6, 6.07) is 31.3. The highest BCUT2D eigenvalue weighted by Gasteiger charge is 2.18. The van der Waals surface area contributed by atoms with Crippen molar-refractivity contribution in [1.29, 1.82) is 0 Å². The Bertz CT molecular complexity index is 2190. The number of fused-ring (bicyclic) bond motifs is 3. The van der Waals surface area contributed by atoms with Crippen LogP contribution < -0.4 is 5.56 Å². The van der Waals surface area contributed by atoms with Crippen LogP contribution >= 0.6 is 11.6 Å². The predicted molar refractivity (Wildman–Crippen MR) is 166 cm³/mol. The highest BCUT2D eigenvalue weighted by molar-refractivity contribution is 6.31. The van der Waals surface area contributed by atoms with Gasteiger partial charge in [-0.1, -0.05) is 71.8 Å². The highest BCUT2D eigenvalue weighted by atomic mass is 35.5. The number of halogens is 1. The summed E-state index contributed by atoms with van der Waals surface area (Å²) >= 11 is 6.21. The van der Waals surface area contributed by atoms with Crippen LogP contribution in [0.1, 0.15) is 22.4 Å². The normalized spacial score (nSPS) is 11.9. The molecule has 0 aliphatic rings. The molecule has 0 bridgehead atoms. The molecule has 0 aliphatic heterocycles. The first-order valence-corrected chi connectivity index (χ1v) is 13.7. The van der Waals surface area contributed by atoms with Crippen molar-refractivity contribution in [2.24, 2.45) is 5.10 Å². The lowest BCUT2D eigenvalue weighted by Crippen LogP contribution is -2.20. The standard InChI is InChI=1S/C34H25ClN4O2/c1-21-11-13-23(14-12-21)20-38-22(2)28(26-7-4-6-10-30(26)38)19-36-39-33(37-29-9-5-3-8-27(29)34(39)40)32-18-24-17-25(35)15-16-31(24)41-32/h3-19H,20H2,1-2H3. The van der Waals surface area contributed by atoms with E-state index in [-0.39, 0.29) is 5.56 Å². The van der Waals surface area contributed by atoms with Gasteiger partial charge in [0, 0.05) is 39.1 Å². The molecule has 3 heterocycles. The monoisotopic (exact) mass is 556 g/mol. The summed E-state index contributed by atoms with van der Waals surface area (Å²) < 4.78 is 9.73. The van der Waals surface area contributed by atoms with Gasteiger partial charge in [0.2, 0.25) is 5.82 Å². The minimum atomic E-state index is -0.276. The molecule has 6 nitrogen and oxygen atoms in total. The van der Waals surface area contributed by atoms with E-state index < -0.39 is 0 Å². The van der Waals surface area contributed by atoms with Crippen molar-refractivity contribution in [3.05, 3.63) is 135 Å². The second kappa shape index (κ2) is 9.91. The molecule has 0 saturated carbocycles. The molecule has 0 N–H and O–H groups in total. The molecule has 0 atom stereocenters. The van der Waals surface area contributed by atoms with E-state index in [1.165, 1.54) is 15.8 Å². The zero-order chi connectivity index (χ0) is 28.1. The van der Waals surface area contributed by atoms with Crippen LogP contribution in [0, 0.1) is 13.8 Å². The summed E-state index contributed by atoms with van der Waals surface area (Å²) in [6.45, 7) is 4.90. The summed E-state index contributed by atoms with van der Waals surface area (Å²) in [5.41, 5.74) is 6.48. The van der Waals surface area contributed by atoms with Crippen LogP contribution in [-0.2, 0) is 6.54 Å². The van der Waals surface area contributed by atoms with Gasteiger partial charge in [-0.3, -0.25) is 4.79 Å². The van der Waals surface area contributed by atoms with Crippen LogP contribution in [0.25, 0.3) is 44.4 Å². The van der Waals surface area contributed by atoms with E-state index in [4.69, 9.17) is 26.1 Å². The van der Waals surface area contributed by atoms with Crippen LogP contribution in [-0.4, -0.2) is 20.4 Å². The van der Waals surface area contributed by atoms with Crippen molar-refractivity contribution in [3.8, 4) is 11.6 Å². The maximum absolute atomic E-state index is 13.8. The Kier molecular flexibility index (Phi) is 6.06. The topological polar surface area (TPSA) is 65.3 Å². The maximum Gasteiger partial charge on any atom is 0.282 e. The van der Waals surface area contributed by atoms with Crippen LogP contribution in [0.2, 0.25) is 5.02 Å². The SMILES string of the molecule is Cc1ccc(Cn2c(C)c(C=Nn3c(-c4cc5cc(Cl)ccc5o4)nc4ccccc4c3=O)c3ccccc32)cc1. The quantitative estimate of drug-likeness (QED) is 0.202. The Morgan fingerprint density at radius 3 is 2.49 bits per heavy atom. The maximum atomic E-state index is 13.8. The second-order valence-electron chi connectivity index (χ2n) is 10.2. The fourth-order valence-electron chi connectivity index (χ4n) is 5.33. The van der Waals surface area contributed by atoms with E-state index in [1.54, 1.807) is 24.4 Å². The molecule has 0 fully saturated rings. The lowest BCUT2D eigenvalue weighted by Gasteiger charge is -2.09. The predicted octanol–water partition coefficient (Wildman–Crippen LogP) is 7.97. The Morgan fingerprint density at radius 2 is 1.66 bits per heavy atom. The molecule has 7 aromatic rings. The van der Waals surface area contributed by atoms with E-state index >= 15 is 0 Å². The molecule has 0 spiro atoms. The molecule has 3 aromatic heterocycles. The molecular weight excluding hydrogens is 532 g/mol. The number of rotatable bonds is 5. The van der Waals surface area contributed by atoms with Gasteiger partial charge in [-0.25, -0.2) is 4.98 Å². The van der Waals surface area contributed by atoms with Gasteiger partial charge in [0.1, 0.15) is 5.58 Å². The largest absolute Gasteiger partial charge is 0.453 e. The number of aryl methyl sites for hydroxylation is 1. The summed E-state index contributed by atoms with van der Waals surface area (Å²) in [4.78, 5) is 18.6. The molecular formula is C34H25ClN4O2. The summed E-state index contributed by atoms with van der Waals surface area (Å²) in [7, 11) is 0. The van der Waals surface area contributed by atoms with E-state index in [2.05, 4.69) is 54.8 Å². The molecule has 200 valence electrons. The molecule has 0 radical (unpaired) electrons. The van der Waals surface area contributed by atoms with Crippen molar-refractivity contribution < 1.29 is 4.42 Å². The molecule has 0 saturated heterocycles. The van der Waals surface area contributed by atoms with Crippen LogP contribution in [0.15, 0.2) is 111 Å². The third kappa shape index (κ3) is 4.42. The van der Waals surface area contributed by atoms with Gasteiger partial charge >= 0.3 is 0 Å². The Labute approximate surface area is 240 Å². The molecule has 0 amide bonds. The van der Waals surface area contributed by atoms with Gasteiger partial charge in [0.25, 0.3) is 5.56 Å². The molecule has 0 aliphatic carbocycles. The fourth-order valence-corrected chi connectivity index (χ4v) is 5.51. The lowest BCUT2D eigenvalue weighted by atomic mass is 10.1. The van der Waals surface area contributed by atoms with Crippen molar-refractivity contribution in [2.45, 2.75) is 20.4 Å². The molecule has 41 heavy (non-hydrogen) atoms. The second-order valence-corrected chi connectivity index (χ2v) is 10.6. The zero-order valence-corrected chi connectivity index (χ0v) is 23.3. The van der Waals surface area contributed by atoms with Gasteiger partial charge in [-0.05, 0) is 61.9 Å². The zero-order valence-electron chi connectivity index (χ0n) is 22.5. The van der Waals surface area contributed by atoms with Crippen molar-refractivity contribution in [2.75, 3.05) is 0 Å². The molecule has 4 aromatic carbocycles. The number of hydrogen-bond acceptors (Lipinski definition) is 4. The Morgan fingerprint density at radius 1 is 0.902 bits per heavy atom. The van der Waals surface area contributed by atoms with Crippen molar-refractivity contribution in [1.82, 2.24) is 14.2 Å². The van der Waals surface area contributed by atoms with Crippen LogP contribution in [0.3, 0.4) is 0 Å². The van der Waals surface area contributed by atoms with Gasteiger partial charge in [0.15, 0.2) is 5.76 Å². The number of benzene rings is 4. The first-order valence-electron chi connectivity index (χ1n) is 13.4. The smallest absolute Gasteiger partial charge is 0.282 e. The van der Waals surface area contributed by atoms with E-state index in [0.29, 0.717) is 33.1 Å². The van der Waals surface area contributed by atoms with Gasteiger partial charge in [-0.2, -0.15) is 9.78 Å². The number of furan rings is 1. The van der Waals surface area contributed by atoms with Crippen LogP contribution in [0.4, 0.5) is 0 Å². The van der Waals surface area contributed by atoms with Crippen molar-refractivity contribution >= 4 is 50.6 Å². The molecule has 7 heteroatoms. The Hall–Kier alpha value is -4.94.